The van der Waals surface area contributed by atoms with Crippen molar-refractivity contribution in [2.24, 2.45) is 0 Å². The topological polar surface area (TPSA) is 55.4 Å². The highest BCUT2D eigenvalue weighted by molar-refractivity contribution is 5.98. The summed E-state index contributed by atoms with van der Waals surface area (Å²) in [4.78, 5) is 22.8. The van der Waals surface area contributed by atoms with Crippen LogP contribution in [0.2, 0.25) is 0 Å². The second-order valence-corrected chi connectivity index (χ2v) is 5.87. The van der Waals surface area contributed by atoms with Crippen LogP contribution in [-0.4, -0.2) is 17.5 Å². The smallest absolute Gasteiger partial charge is 0.412 e. The molecule has 21 heavy (non-hydrogen) atoms. The maximum absolute atomic E-state index is 11.7. The van der Waals surface area contributed by atoms with Crippen LogP contribution in [0.3, 0.4) is 0 Å². The molecule has 1 aliphatic carbocycles. The number of hydrogen-bond acceptors (Lipinski definition) is 3. The van der Waals surface area contributed by atoms with E-state index >= 15 is 0 Å². The molecule has 0 saturated carbocycles. The lowest BCUT2D eigenvalue weighted by atomic mass is 9.99. The van der Waals surface area contributed by atoms with Crippen LogP contribution in [0.5, 0.6) is 0 Å². The zero-order valence-corrected chi connectivity index (χ0v) is 12.5. The fourth-order valence-electron chi connectivity index (χ4n) is 1.91. The molecule has 110 valence electrons. The van der Waals surface area contributed by atoms with Crippen LogP contribution in [0.1, 0.15) is 32.8 Å². The Kier molecular flexibility index (Phi) is 4.26. The van der Waals surface area contributed by atoms with Gasteiger partial charge in [0.2, 0.25) is 0 Å². The fraction of sp³-hybridized carbons (Fsp3) is 0.294. The summed E-state index contributed by atoms with van der Waals surface area (Å²) in [6.07, 6.45) is 5.25. The van der Waals surface area contributed by atoms with Gasteiger partial charge in [0.25, 0.3) is 0 Å². The average molecular weight is 285 g/mol. The van der Waals surface area contributed by atoms with E-state index in [2.05, 4.69) is 5.32 Å². The van der Waals surface area contributed by atoms with Gasteiger partial charge in [-0.05, 0) is 50.1 Å². The molecule has 0 atom stereocenters. The molecule has 4 heteroatoms. The minimum atomic E-state index is -0.520. The first kappa shape index (κ1) is 15.0. The van der Waals surface area contributed by atoms with Crippen molar-refractivity contribution in [3.63, 3.8) is 0 Å². The van der Waals surface area contributed by atoms with Gasteiger partial charge in [0.1, 0.15) is 5.60 Å². The highest BCUT2D eigenvalue weighted by Crippen LogP contribution is 2.22. The first-order valence-electron chi connectivity index (χ1n) is 6.85. The van der Waals surface area contributed by atoms with Gasteiger partial charge in [0, 0.05) is 12.1 Å². The molecule has 1 amide bonds. The zero-order valence-electron chi connectivity index (χ0n) is 12.5. The molecule has 0 aromatic heterocycles. The molecule has 0 saturated heterocycles. The lowest BCUT2D eigenvalue weighted by Crippen LogP contribution is -2.27. The zero-order chi connectivity index (χ0) is 15.5. The van der Waals surface area contributed by atoms with Crippen molar-refractivity contribution >= 4 is 23.1 Å². The summed E-state index contributed by atoms with van der Waals surface area (Å²) in [6.45, 7) is 5.45. The SMILES string of the molecule is CC(C)(C)OC(=O)Nc1ccc(C2=CCC(=O)C=C2)cc1. The molecule has 0 bridgehead atoms. The Morgan fingerprint density at radius 2 is 1.81 bits per heavy atom. The van der Waals surface area contributed by atoms with Crippen LogP contribution in [-0.2, 0) is 9.53 Å². The van der Waals surface area contributed by atoms with Crippen LogP contribution < -0.4 is 5.32 Å². The first-order chi connectivity index (χ1) is 9.83. The first-order valence-corrected chi connectivity index (χ1v) is 6.85. The number of ketones is 1. The van der Waals surface area contributed by atoms with Crippen molar-refractivity contribution in [2.75, 3.05) is 5.32 Å². The minimum absolute atomic E-state index is 0.113. The third-order valence-corrected chi connectivity index (χ3v) is 2.84. The number of amides is 1. The Bertz CT molecular complexity index is 604. The average Bonchev–Trinajstić information content (AvgIpc) is 2.38. The number of carbonyl (C=O) groups is 2. The van der Waals surface area contributed by atoms with E-state index in [1.807, 2.05) is 57.2 Å². The molecule has 1 aromatic rings. The molecule has 1 N–H and O–H groups in total. The molecule has 0 unspecified atom stereocenters. The predicted molar refractivity (Wildman–Crippen MR) is 83.0 cm³/mol. The Morgan fingerprint density at radius 1 is 1.14 bits per heavy atom. The van der Waals surface area contributed by atoms with Crippen LogP contribution in [0.4, 0.5) is 10.5 Å². The number of carbonyl (C=O) groups excluding carboxylic acids is 2. The van der Waals surface area contributed by atoms with Crippen LogP contribution >= 0.6 is 0 Å². The monoisotopic (exact) mass is 285 g/mol. The van der Waals surface area contributed by atoms with Crippen LogP contribution in [0, 0.1) is 0 Å². The van der Waals surface area contributed by atoms with Crippen molar-refractivity contribution in [3.05, 3.63) is 48.1 Å². The summed E-state index contributed by atoms with van der Waals surface area (Å²) in [6, 6.07) is 7.42. The number of allylic oxidation sites excluding steroid dienone is 4. The maximum atomic E-state index is 11.7. The Labute approximate surface area is 124 Å². The molecule has 0 heterocycles. The Hall–Kier alpha value is -2.36. The highest BCUT2D eigenvalue weighted by Gasteiger charge is 2.16. The van der Waals surface area contributed by atoms with E-state index in [-0.39, 0.29) is 5.78 Å². The van der Waals surface area contributed by atoms with Gasteiger partial charge in [-0.15, -0.1) is 0 Å². The van der Waals surface area contributed by atoms with E-state index in [0.717, 1.165) is 11.1 Å². The van der Waals surface area contributed by atoms with Gasteiger partial charge in [-0.3, -0.25) is 10.1 Å². The fourth-order valence-corrected chi connectivity index (χ4v) is 1.91. The number of rotatable bonds is 2. The van der Waals surface area contributed by atoms with Crippen molar-refractivity contribution in [1.82, 2.24) is 0 Å². The van der Waals surface area contributed by atoms with Crippen LogP contribution in [0.15, 0.2) is 42.5 Å². The van der Waals surface area contributed by atoms with Gasteiger partial charge in [-0.2, -0.15) is 0 Å². The minimum Gasteiger partial charge on any atom is -0.444 e. The van der Waals surface area contributed by atoms with E-state index in [9.17, 15) is 9.59 Å². The lowest BCUT2D eigenvalue weighted by Gasteiger charge is -2.19. The number of benzene rings is 1. The standard InChI is InChI=1S/C17H19NO3/c1-17(2,3)21-16(20)18-14-8-4-12(5-9-14)13-6-10-15(19)11-7-13/h4-10H,11H2,1-3H3,(H,18,20). The van der Waals surface area contributed by atoms with Gasteiger partial charge < -0.3 is 4.74 Å². The summed E-state index contributed by atoms with van der Waals surface area (Å²) < 4.78 is 5.19. The van der Waals surface area contributed by atoms with Gasteiger partial charge in [-0.1, -0.05) is 24.3 Å². The van der Waals surface area contributed by atoms with Crippen molar-refractivity contribution in [1.29, 1.82) is 0 Å². The van der Waals surface area contributed by atoms with E-state index < -0.39 is 11.7 Å². The number of ether oxygens (including phenoxy) is 1. The molecule has 0 radical (unpaired) electrons. The van der Waals surface area contributed by atoms with Crippen molar-refractivity contribution in [3.8, 4) is 0 Å². The molecule has 0 spiro atoms. The molecular formula is C17H19NO3. The lowest BCUT2D eigenvalue weighted by molar-refractivity contribution is -0.113. The summed E-state index contributed by atoms with van der Waals surface area (Å²) in [5.41, 5.74) is 2.17. The molecule has 0 fully saturated rings. The van der Waals surface area contributed by atoms with Crippen molar-refractivity contribution < 1.29 is 14.3 Å². The van der Waals surface area contributed by atoms with E-state index in [1.165, 1.54) is 0 Å². The van der Waals surface area contributed by atoms with Gasteiger partial charge in [-0.25, -0.2) is 4.79 Å². The van der Waals surface area contributed by atoms with Crippen LogP contribution in [0.25, 0.3) is 5.57 Å². The van der Waals surface area contributed by atoms with E-state index in [0.29, 0.717) is 12.1 Å². The highest BCUT2D eigenvalue weighted by atomic mass is 16.6. The summed E-state index contributed by atoms with van der Waals surface area (Å²) in [5, 5.41) is 2.68. The Balaban J connectivity index is 2.01. The van der Waals surface area contributed by atoms with E-state index in [1.54, 1.807) is 6.08 Å². The van der Waals surface area contributed by atoms with Gasteiger partial charge >= 0.3 is 6.09 Å². The normalized spacial score (nSPS) is 14.6. The quantitative estimate of drug-likeness (QED) is 0.895. The third kappa shape index (κ3) is 4.60. The largest absolute Gasteiger partial charge is 0.444 e. The van der Waals surface area contributed by atoms with Gasteiger partial charge in [0.05, 0.1) is 0 Å². The molecule has 2 rings (SSSR count). The Morgan fingerprint density at radius 3 is 2.33 bits per heavy atom. The molecule has 4 nitrogen and oxygen atoms in total. The maximum Gasteiger partial charge on any atom is 0.412 e. The predicted octanol–water partition coefficient (Wildman–Crippen LogP) is 3.95. The molecular weight excluding hydrogens is 266 g/mol. The molecule has 1 aromatic carbocycles. The third-order valence-electron chi connectivity index (χ3n) is 2.84. The number of anilines is 1. The molecule has 0 aliphatic heterocycles. The number of hydrogen-bond donors (Lipinski definition) is 1. The summed E-state index contributed by atoms with van der Waals surface area (Å²) in [5.74, 6) is 0.113. The summed E-state index contributed by atoms with van der Waals surface area (Å²) in [7, 11) is 0. The molecule has 1 aliphatic rings. The van der Waals surface area contributed by atoms with Crippen molar-refractivity contribution in [2.45, 2.75) is 32.8 Å². The second kappa shape index (κ2) is 5.95. The van der Waals surface area contributed by atoms with E-state index in [4.69, 9.17) is 4.74 Å². The summed E-state index contributed by atoms with van der Waals surface area (Å²) >= 11 is 0. The number of nitrogens with one attached hydrogen (secondary N) is 1. The second-order valence-electron chi connectivity index (χ2n) is 5.87. The van der Waals surface area contributed by atoms with Gasteiger partial charge in [0.15, 0.2) is 5.78 Å².